The topological polar surface area (TPSA) is 26.0 Å². The lowest BCUT2D eigenvalue weighted by Gasteiger charge is -2.03. The van der Waals surface area contributed by atoms with Gasteiger partial charge in [-0.1, -0.05) is 15.9 Å². The van der Waals surface area contributed by atoms with E-state index in [4.69, 9.17) is 5.73 Å². The van der Waals surface area contributed by atoms with E-state index in [1.165, 1.54) is 11.8 Å². The summed E-state index contributed by atoms with van der Waals surface area (Å²) >= 11 is 4.76. The zero-order valence-corrected chi connectivity index (χ0v) is 8.79. The van der Waals surface area contributed by atoms with Gasteiger partial charge in [0.1, 0.15) is 0 Å². The normalized spacial score (nSPS) is 10.2. The highest BCUT2D eigenvalue weighted by atomic mass is 79.9. The van der Waals surface area contributed by atoms with Crippen molar-refractivity contribution in [3.63, 3.8) is 0 Å². The van der Waals surface area contributed by atoms with Gasteiger partial charge in [-0.3, -0.25) is 4.39 Å². The van der Waals surface area contributed by atoms with Crippen LogP contribution in [0.3, 0.4) is 0 Å². The summed E-state index contributed by atoms with van der Waals surface area (Å²) in [6, 6.07) is 5.58. The summed E-state index contributed by atoms with van der Waals surface area (Å²) in [5, 5.41) is 0. The molecule has 4 heteroatoms. The lowest BCUT2D eigenvalue weighted by molar-refractivity contribution is 0.533. The summed E-state index contributed by atoms with van der Waals surface area (Å²) in [6.07, 6.45) is 0. The number of hydrogen-bond donors (Lipinski definition) is 1. The number of halogens is 2. The Morgan fingerprint density at radius 3 is 2.92 bits per heavy atom. The molecule has 1 aromatic rings. The minimum absolute atomic E-state index is 0.323. The van der Waals surface area contributed by atoms with Gasteiger partial charge in [0.05, 0.1) is 6.67 Å². The van der Waals surface area contributed by atoms with Gasteiger partial charge in [-0.15, -0.1) is 11.8 Å². The molecule has 0 heterocycles. The van der Waals surface area contributed by atoms with Crippen LogP contribution in [0.5, 0.6) is 0 Å². The van der Waals surface area contributed by atoms with Crippen molar-refractivity contribution in [2.45, 2.75) is 4.90 Å². The second-order valence-corrected chi connectivity index (χ2v) is 4.27. The van der Waals surface area contributed by atoms with Gasteiger partial charge in [0.15, 0.2) is 0 Å². The highest BCUT2D eigenvalue weighted by Crippen LogP contribution is 2.27. The molecule has 0 aliphatic heterocycles. The van der Waals surface area contributed by atoms with Gasteiger partial charge in [-0.2, -0.15) is 0 Å². The maximum atomic E-state index is 11.8. The van der Waals surface area contributed by atoms with Crippen LogP contribution in [0.25, 0.3) is 0 Å². The first-order valence-corrected chi connectivity index (χ1v) is 5.25. The summed E-state index contributed by atoms with van der Waals surface area (Å²) in [4.78, 5) is 0.932. The maximum Gasteiger partial charge on any atom is 0.0988 e. The van der Waals surface area contributed by atoms with E-state index in [1.807, 2.05) is 18.2 Å². The molecule has 0 atom stereocenters. The van der Waals surface area contributed by atoms with Gasteiger partial charge in [-0.25, -0.2) is 0 Å². The van der Waals surface area contributed by atoms with Crippen LogP contribution in [-0.2, 0) is 0 Å². The van der Waals surface area contributed by atoms with Crippen LogP contribution in [-0.4, -0.2) is 12.4 Å². The lowest BCUT2D eigenvalue weighted by Crippen LogP contribution is -1.89. The number of alkyl halides is 1. The van der Waals surface area contributed by atoms with Gasteiger partial charge in [0.2, 0.25) is 0 Å². The second kappa shape index (κ2) is 4.72. The molecule has 0 spiro atoms. The molecule has 0 saturated carbocycles. The van der Waals surface area contributed by atoms with E-state index >= 15 is 0 Å². The van der Waals surface area contributed by atoms with Crippen molar-refractivity contribution in [1.82, 2.24) is 0 Å². The van der Waals surface area contributed by atoms with Crippen molar-refractivity contribution in [3.05, 3.63) is 22.7 Å². The third-order valence-corrected chi connectivity index (χ3v) is 2.83. The molecule has 0 aromatic heterocycles. The van der Waals surface area contributed by atoms with Crippen molar-refractivity contribution < 1.29 is 4.39 Å². The first kappa shape index (κ1) is 9.86. The fourth-order valence-electron chi connectivity index (χ4n) is 0.782. The van der Waals surface area contributed by atoms with E-state index in [-0.39, 0.29) is 6.67 Å². The molecule has 2 N–H and O–H groups in total. The smallest absolute Gasteiger partial charge is 0.0988 e. The molecule has 0 fully saturated rings. The first-order valence-electron chi connectivity index (χ1n) is 3.48. The van der Waals surface area contributed by atoms with Crippen LogP contribution >= 0.6 is 27.7 Å². The highest BCUT2D eigenvalue weighted by molar-refractivity contribution is 9.10. The van der Waals surface area contributed by atoms with E-state index in [9.17, 15) is 4.39 Å². The number of rotatable bonds is 3. The largest absolute Gasteiger partial charge is 0.398 e. The van der Waals surface area contributed by atoms with E-state index in [0.29, 0.717) is 11.4 Å². The third kappa shape index (κ3) is 2.68. The Labute approximate surface area is 83.7 Å². The Balaban J connectivity index is 2.75. The monoisotopic (exact) mass is 249 g/mol. The van der Waals surface area contributed by atoms with Crippen molar-refractivity contribution in [3.8, 4) is 0 Å². The second-order valence-electron chi connectivity index (χ2n) is 2.22. The SMILES string of the molecule is Nc1ccc(Br)cc1SCCF. The molecule has 0 unspecified atom stereocenters. The number of benzene rings is 1. The van der Waals surface area contributed by atoms with E-state index in [1.54, 1.807) is 0 Å². The maximum absolute atomic E-state index is 11.8. The summed E-state index contributed by atoms with van der Waals surface area (Å²) in [7, 11) is 0. The number of thioether (sulfide) groups is 1. The molecular weight excluding hydrogens is 241 g/mol. The Morgan fingerprint density at radius 1 is 1.50 bits per heavy atom. The Kier molecular flexibility index (Phi) is 3.88. The van der Waals surface area contributed by atoms with Gasteiger partial charge < -0.3 is 5.73 Å². The van der Waals surface area contributed by atoms with Crippen LogP contribution in [0.2, 0.25) is 0 Å². The molecule has 0 aliphatic carbocycles. The Morgan fingerprint density at radius 2 is 2.25 bits per heavy atom. The zero-order valence-electron chi connectivity index (χ0n) is 6.39. The quantitative estimate of drug-likeness (QED) is 0.659. The molecule has 0 saturated heterocycles. The van der Waals surface area contributed by atoms with Crippen LogP contribution in [0, 0.1) is 0 Å². The predicted molar refractivity (Wildman–Crippen MR) is 55.3 cm³/mol. The van der Waals surface area contributed by atoms with Crippen LogP contribution in [0.4, 0.5) is 10.1 Å². The van der Waals surface area contributed by atoms with E-state index in [2.05, 4.69) is 15.9 Å². The highest BCUT2D eigenvalue weighted by Gasteiger charge is 1.99. The van der Waals surface area contributed by atoms with Crippen molar-refractivity contribution in [2.24, 2.45) is 0 Å². The number of nitrogens with two attached hydrogens (primary N) is 1. The van der Waals surface area contributed by atoms with Crippen LogP contribution in [0.1, 0.15) is 0 Å². The molecule has 0 aliphatic rings. The molecule has 1 nitrogen and oxygen atoms in total. The summed E-state index contributed by atoms with van der Waals surface area (Å²) < 4.78 is 12.8. The minimum atomic E-state index is -0.323. The van der Waals surface area contributed by atoms with Crippen molar-refractivity contribution >= 4 is 33.4 Å². The molecule has 1 aromatic carbocycles. The first-order chi connectivity index (χ1) is 5.74. The van der Waals surface area contributed by atoms with E-state index < -0.39 is 0 Å². The van der Waals surface area contributed by atoms with Crippen LogP contribution < -0.4 is 5.73 Å². The number of anilines is 1. The van der Waals surface area contributed by atoms with Crippen molar-refractivity contribution in [2.75, 3.05) is 18.2 Å². The zero-order chi connectivity index (χ0) is 8.97. The summed E-state index contributed by atoms with van der Waals surface area (Å²) in [6.45, 7) is -0.323. The minimum Gasteiger partial charge on any atom is -0.398 e. The molecule has 0 bridgehead atoms. The van der Waals surface area contributed by atoms with Gasteiger partial charge in [0, 0.05) is 20.8 Å². The van der Waals surface area contributed by atoms with Gasteiger partial charge in [-0.05, 0) is 18.2 Å². The average molecular weight is 250 g/mol. The Hall–Kier alpha value is -0.220. The summed E-state index contributed by atoms with van der Waals surface area (Å²) in [5.41, 5.74) is 6.37. The van der Waals surface area contributed by atoms with E-state index in [0.717, 1.165) is 9.37 Å². The van der Waals surface area contributed by atoms with Crippen LogP contribution in [0.15, 0.2) is 27.6 Å². The molecule has 66 valence electrons. The number of hydrogen-bond acceptors (Lipinski definition) is 2. The lowest BCUT2D eigenvalue weighted by atomic mass is 10.3. The van der Waals surface area contributed by atoms with Crippen molar-refractivity contribution in [1.29, 1.82) is 0 Å². The molecule has 0 amide bonds. The standard InChI is InChI=1S/C8H9BrFNS/c9-6-1-2-7(11)8(5-6)12-4-3-10/h1-2,5H,3-4,11H2. The fourth-order valence-corrected chi connectivity index (χ4v) is 2.04. The number of nitrogen functional groups attached to an aromatic ring is 1. The van der Waals surface area contributed by atoms with Gasteiger partial charge >= 0.3 is 0 Å². The third-order valence-electron chi connectivity index (χ3n) is 1.31. The molecule has 1 rings (SSSR count). The molecule has 0 radical (unpaired) electrons. The molecule has 12 heavy (non-hydrogen) atoms. The Bertz CT molecular complexity index is 267. The fraction of sp³-hybridized carbons (Fsp3) is 0.250. The molecular formula is C8H9BrFNS. The predicted octanol–water partition coefficient (Wildman–Crippen LogP) is 3.09. The summed E-state index contributed by atoms with van der Waals surface area (Å²) in [5.74, 6) is 0.459. The average Bonchev–Trinajstić information content (AvgIpc) is 2.07. The van der Waals surface area contributed by atoms with Gasteiger partial charge in [0.25, 0.3) is 0 Å².